The minimum atomic E-state index is -0.471. The Morgan fingerprint density at radius 1 is 1.24 bits per heavy atom. The van der Waals surface area contributed by atoms with Gasteiger partial charge in [-0.05, 0) is 31.0 Å². The molecule has 1 amide bonds. The van der Waals surface area contributed by atoms with Crippen LogP contribution in [0.5, 0.6) is 0 Å². The number of rotatable bonds is 6. The van der Waals surface area contributed by atoms with Gasteiger partial charge in [-0.25, -0.2) is 4.68 Å². The van der Waals surface area contributed by atoms with Gasteiger partial charge in [0, 0.05) is 38.9 Å². The van der Waals surface area contributed by atoms with Crippen molar-refractivity contribution in [2.24, 2.45) is 11.1 Å². The number of para-hydroxylation sites is 1. The van der Waals surface area contributed by atoms with E-state index in [0.717, 1.165) is 11.4 Å². The lowest BCUT2D eigenvalue weighted by molar-refractivity contribution is -0.135. The summed E-state index contributed by atoms with van der Waals surface area (Å²) in [6.45, 7) is 2.14. The SMILES string of the molecule is Cl.NCC1(C(=O)NCCc2ccn(-c3ccccc3)n2)CCOCC1. The van der Waals surface area contributed by atoms with Crippen LogP contribution < -0.4 is 11.1 Å². The highest BCUT2D eigenvalue weighted by Gasteiger charge is 2.38. The number of carbonyl (C=O) groups is 1. The Balaban J connectivity index is 0.00000225. The lowest BCUT2D eigenvalue weighted by atomic mass is 9.79. The molecule has 1 aliphatic heterocycles. The lowest BCUT2D eigenvalue weighted by Crippen LogP contribution is -2.49. The number of hydrogen-bond donors (Lipinski definition) is 2. The zero-order valence-corrected chi connectivity index (χ0v) is 15.0. The molecule has 1 fully saturated rings. The molecule has 0 unspecified atom stereocenters. The van der Waals surface area contributed by atoms with Crippen molar-refractivity contribution in [2.45, 2.75) is 19.3 Å². The van der Waals surface area contributed by atoms with E-state index in [1.807, 2.05) is 47.3 Å². The quantitative estimate of drug-likeness (QED) is 0.817. The fraction of sp³-hybridized carbons (Fsp3) is 0.444. The van der Waals surface area contributed by atoms with Crippen molar-refractivity contribution in [3.8, 4) is 5.69 Å². The maximum atomic E-state index is 12.5. The molecule has 0 aliphatic carbocycles. The zero-order chi connectivity index (χ0) is 16.8. The summed E-state index contributed by atoms with van der Waals surface area (Å²) in [4.78, 5) is 12.5. The molecule has 25 heavy (non-hydrogen) atoms. The highest BCUT2D eigenvalue weighted by atomic mass is 35.5. The number of carbonyl (C=O) groups excluding carboxylic acids is 1. The second kappa shape index (κ2) is 8.99. The number of nitrogens with one attached hydrogen (secondary N) is 1. The summed E-state index contributed by atoms with van der Waals surface area (Å²) in [5.74, 6) is 0.0378. The number of aromatic nitrogens is 2. The minimum Gasteiger partial charge on any atom is -0.381 e. The summed E-state index contributed by atoms with van der Waals surface area (Å²) < 4.78 is 7.19. The Bertz CT molecular complexity index is 669. The van der Waals surface area contributed by atoms with E-state index in [9.17, 15) is 4.79 Å². The van der Waals surface area contributed by atoms with Crippen molar-refractivity contribution in [1.29, 1.82) is 0 Å². The first-order chi connectivity index (χ1) is 11.7. The van der Waals surface area contributed by atoms with Gasteiger partial charge in [0.1, 0.15) is 0 Å². The van der Waals surface area contributed by atoms with Gasteiger partial charge in [0.05, 0.1) is 16.8 Å². The normalized spacial score (nSPS) is 16.0. The predicted octanol–water partition coefficient (Wildman–Crippen LogP) is 1.71. The third-order valence-corrected chi connectivity index (χ3v) is 4.65. The number of nitrogens with two attached hydrogens (primary N) is 1. The molecule has 2 heterocycles. The van der Waals surface area contributed by atoms with E-state index in [1.165, 1.54) is 0 Å². The summed E-state index contributed by atoms with van der Waals surface area (Å²) >= 11 is 0. The van der Waals surface area contributed by atoms with Crippen LogP contribution >= 0.6 is 12.4 Å². The Labute approximate surface area is 154 Å². The second-order valence-electron chi connectivity index (χ2n) is 6.19. The monoisotopic (exact) mass is 364 g/mol. The summed E-state index contributed by atoms with van der Waals surface area (Å²) in [5, 5.41) is 7.57. The van der Waals surface area contributed by atoms with E-state index in [0.29, 0.717) is 45.6 Å². The van der Waals surface area contributed by atoms with Crippen LogP contribution in [0.3, 0.4) is 0 Å². The van der Waals surface area contributed by atoms with Crippen LogP contribution in [-0.4, -0.2) is 42.0 Å². The first-order valence-corrected chi connectivity index (χ1v) is 8.40. The van der Waals surface area contributed by atoms with Gasteiger partial charge in [-0.2, -0.15) is 5.10 Å². The van der Waals surface area contributed by atoms with Crippen LogP contribution in [0.1, 0.15) is 18.5 Å². The highest BCUT2D eigenvalue weighted by molar-refractivity contribution is 5.85. The Morgan fingerprint density at radius 3 is 2.64 bits per heavy atom. The van der Waals surface area contributed by atoms with Crippen LogP contribution in [0.25, 0.3) is 5.69 Å². The van der Waals surface area contributed by atoms with Crippen molar-refractivity contribution in [2.75, 3.05) is 26.3 Å². The maximum Gasteiger partial charge on any atom is 0.227 e. The van der Waals surface area contributed by atoms with Crippen molar-refractivity contribution in [3.63, 3.8) is 0 Å². The smallest absolute Gasteiger partial charge is 0.227 e. The van der Waals surface area contributed by atoms with Crippen molar-refractivity contribution < 1.29 is 9.53 Å². The molecule has 1 aromatic carbocycles. The van der Waals surface area contributed by atoms with Crippen LogP contribution in [0.2, 0.25) is 0 Å². The molecule has 6 nitrogen and oxygen atoms in total. The van der Waals surface area contributed by atoms with Gasteiger partial charge in [0.2, 0.25) is 5.91 Å². The van der Waals surface area contributed by atoms with Gasteiger partial charge < -0.3 is 15.8 Å². The van der Waals surface area contributed by atoms with Crippen molar-refractivity contribution in [1.82, 2.24) is 15.1 Å². The topological polar surface area (TPSA) is 82.2 Å². The average Bonchev–Trinajstić information content (AvgIpc) is 3.12. The second-order valence-corrected chi connectivity index (χ2v) is 6.19. The van der Waals surface area contributed by atoms with Crippen LogP contribution in [0, 0.1) is 5.41 Å². The molecule has 1 aliphatic rings. The molecule has 3 N–H and O–H groups in total. The molecular weight excluding hydrogens is 340 g/mol. The third kappa shape index (κ3) is 4.60. The van der Waals surface area contributed by atoms with Gasteiger partial charge in [0.25, 0.3) is 0 Å². The first-order valence-electron chi connectivity index (χ1n) is 8.40. The number of halogens is 1. The van der Waals surface area contributed by atoms with Gasteiger partial charge in [-0.15, -0.1) is 12.4 Å². The fourth-order valence-corrected chi connectivity index (χ4v) is 3.00. The summed E-state index contributed by atoms with van der Waals surface area (Å²) in [7, 11) is 0. The Kier molecular flexibility index (Phi) is 6.99. The molecule has 1 saturated heterocycles. The van der Waals surface area contributed by atoms with Gasteiger partial charge >= 0.3 is 0 Å². The molecular formula is C18H25ClN4O2. The molecule has 0 bridgehead atoms. The van der Waals surface area contributed by atoms with E-state index in [2.05, 4.69) is 10.4 Å². The van der Waals surface area contributed by atoms with E-state index < -0.39 is 5.41 Å². The summed E-state index contributed by atoms with van der Waals surface area (Å²) in [6, 6.07) is 11.9. The highest BCUT2D eigenvalue weighted by Crippen LogP contribution is 2.29. The summed E-state index contributed by atoms with van der Waals surface area (Å²) in [6.07, 6.45) is 4.02. The lowest BCUT2D eigenvalue weighted by Gasteiger charge is -2.34. The standard InChI is InChI=1S/C18H24N4O2.ClH/c19-14-18(8-12-24-13-9-18)17(23)20-10-6-15-7-11-22(21-15)16-4-2-1-3-5-16;/h1-5,7,11H,6,8-10,12-14,19H2,(H,20,23);1H. The van der Waals surface area contributed by atoms with E-state index in [-0.39, 0.29) is 18.3 Å². The molecule has 1 aromatic heterocycles. The van der Waals surface area contributed by atoms with Crippen LogP contribution in [0.4, 0.5) is 0 Å². The number of amides is 1. The average molecular weight is 365 g/mol. The zero-order valence-electron chi connectivity index (χ0n) is 14.2. The van der Waals surface area contributed by atoms with E-state index in [4.69, 9.17) is 10.5 Å². The molecule has 136 valence electrons. The number of hydrogen-bond acceptors (Lipinski definition) is 4. The van der Waals surface area contributed by atoms with Crippen LogP contribution in [0.15, 0.2) is 42.6 Å². The van der Waals surface area contributed by atoms with Gasteiger partial charge in [0.15, 0.2) is 0 Å². The Morgan fingerprint density at radius 2 is 1.96 bits per heavy atom. The first kappa shape index (κ1) is 19.4. The molecule has 0 radical (unpaired) electrons. The largest absolute Gasteiger partial charge is 0.381 e. The number of nitrogens with zero attached hydrogens (tertiary/aromatic N) is 2. The molecule has 0 atom stereocenters. The Hall–Kier alpha value is -1.89. The molecule has 0 saturated carbocycles. The summed E-state index contributed by atoms with van der Waals surface area (Å²) in [5.41, 5.74) is 7.36. The minimum absolute atomic E-state index is 0. The molecule has 7 heteroatoms. The number of benzene rings is 1. The van der Waals surface area contributed by atoms with E-state index in [1.54, 1.807) is 0 Å². The van der Waals surface area contributed by atoms with Gasteiger partial charge in [-0.3, -0.25) is 4.79 Å². The van der Waals surface area contributed by atoms with Gasteiger partial charge in [-0.1, -0.05) is 18.2 Å². The van der Waals surface area contributed by atoms with Crippen LogP contribution in [-0.2, 0) is 16.0 Å². The fourth-order valence-electron chi connectivity index (χ4n) is 3.00. The maximum absolute atomic E-state index is 12.5. The number of ether oxygens (including phenoxy) is 1. The molecule has 3 rings (SSSR count). The van der Waals surface area contributed by atoms with Crippen molar-refractivity contribution >= 4 is 18.3 Å². The predicted molar refractivity (Wildman–Crippen MR) is 99.1 cm³/mol. The third-order valence-electron chi connectivity index (χ3n) is 4.65. The molecule has 2 aromatic rings. The molecule has 0 spiro atoms. The van der Waals surface area contributed by atoms with Crippen molar-refractivity contribution in [3.05, 3.63) is 48.3 Å². The van der Waals surface area contributed by atoms with E-state index >= 15 is 0 Å².